The number of nitriles is 1. The summed E-state index contributed by atoms with van der Waals surface area (Å²) in [5.41, 5.74) is 0.658. The number of rotatable bonds is 6. The van der Waals surface area contributed by atoms with Crippen LogP contribution in [-0.4, -0.2) is 15.7 Å². The van der Waals surface area contributed by atoms with Crippen molar-refractivity contribution in [1.82, 2.24) is 9.78 Å². The van der Waals surface area contributed by atoms with Crippen molar-refractivity contribution < 1.29 is 18.0 Å². The van der Waals surface area contributed by atoms with E-state index in [1.165, 1.54) is 12.1 Å². The number of halogens is 3. The number of carbonyl (C=O) groups excluding carboxylic acids is 1. The molecule has 0 spiro atoms. The fourth-order valence-electron chi connectivity index (χ4n) is 2.56. The zero-order valence-electron chi connectivity index (χ0n) is 14.5. The summed E-state index contributed by atoms with van der Waals surface area (Å²) in [7, 11) is 0. The number of amides is 1. The quantitative estimate of drug-likeness (QED) is 0.833. The number of anilines is 1. The summed E-state index contributed by atoms with van der Waals surface area (Å²) in [6, 6.07) is 8.55. The van der Waals surface area contributed by atoms with E-state index in [9.17, 15) is 18.0 Å². The Hall–Kier alpha value is -2.82. The Kier molecular flexibility index (Phi) is 6.03. The number of carbonyl (C=O) groups is 1. The lowest BCUT2D eigenvalue weighted by molar-refractivity contribution is -0.137. The van der Waals surface area contributed by atoms with E-state index in [0.29, 0.717) is 23.6 Å². The van der Waals surface area contributed by atoms with Crippen molar-refractivity contribution in [3.63, 3.8) is 0 Å². The van der Waals surface area contributed by atoms with Crippen LogP contribution in [0.3, 0.4) is 0 Å². The van der Waals surface area contributed by atoms with Gasteiger partial charge in [-0.25, -0.2) is 4.68 Å². The molecule has 0 saturated carbocycles. The first kappa shape index (κ1) is 19.5. The Bertz CT molecular complexity index is 803. The highest BCUT2D eigenvalue weighted by atomic mass is 19.4. The van der Waals surface area contributed by atoms with E-state index in [-0.39, 0.29) is 24.7 Å². The van der Waals surface area contributed by atoms with Crippen molar-refractivity contribution in [1.29, 1.82) is 5.26 Å². The molecule has 5 nitrogen and oxygen atoms in total. The number of aryl methyl sites for hydroxylation is 2. The second-order valence-electron chi connectivity index (χ2n) is 6.08. The molecule has 0 fully saturated rings. The predicted molar refractivity (Wildman–Crippen MR) is 90.3 cm³/mol. The Labute approximate surface area is 149 Å². The fraction of sp³-hybridized carbons (Fsp3) is 0.389. The predicted octanol–water partition coefficient (Wildman–Crippen LogP) is 4.26. The van der Waals surface area contributed by atoms with Crippen LogP contribution >= 0.6 is 0 Å². The largest absolute Gasteiger partial charge is 0.416 e. The molecular weight excluding hydrogens is 345 g/mol. The van der Waals surface area contributed by atoms with Crippen LogP contribution in [0.15, 0.2) is 30.3 Å². The van der Waals surface area contributed by atoms with E-state index < -0.39 is 11.7 Å². The van der Waals surface area contributed by atoms with Gasteiger partial charge in [-0.05, 0) is 30.5 Å². The van der Waals surface area contributed by atoms with E-state index in [1.54, 1.807) is 24.6 Å². The van der Waals surface area contributed by atoms with Crippen LogP contribution in [0, 0.1) is 18.3 Å². The number of benzene rings is 1. The highest BCUT2D eigenvalue weighted by Crippen LogP contribution is 2.30. The smallest absolute Gasteiger partial charge is 0.311 e. The lowest BCUT2D eigenvalue weighted by Gasteiger charge is -2.14. The number of nitrogens with zero attached hydrogens (tertiary/aromatic N) is 3. The van der Waals surface area contributed by atoms with Crippen LogP contribution in [0.4, 0.5) is 19.0 Å². The molecule has 1 aromatic carbocycles. The first-order chi connectivity index (χ1) is 12.2. The Morgan fingerprint density at radius 3 is 2.58 bits per heavy atom. The van der Waals surface area contributed by atoms with Crippen LogP contribution in [-0.2, 0) is 17.5 Å². The molecule has 0 radical (unpaired) electrons. The van der Waals surface area contributed by atoms with Crippen molar-refractivity contribution in [3.05, 3.63) is 47.2 Å². The maximum Gasteiger partial charge on any atom is 0.416 e. The topological polar surface area (TPSA) is 70.7 Å². The normalized spacial score (nSPS) is 12.5. The molecule has 1 amide bonds. The Morgan fingerprint density at radius 2 is 2.00 bits per heavy atom. The van der Waals surface area contributed by atoms with Crippen molar-refractivity contribution >= 4 is 11.7 Å². The summed E-state index contributed by atoms with van der Waals surface area (Å²) in [6.07, 6.45) is -3.99. The first-order valence-corrected chi connectivity index (χ1v) is 8.09. The summed E-state index contributed by atoms with van der Waals surface area (Å²) in [5, 5.41) is 15.6. The molecule has 0 bridgehead atoms. The van der Waals surface area contributed by atoms with E-state index in [4.69, 9.17) is 5.26 Å². The zero-order valence-corrected chi connectivity index (χ0v) is 14.5. The molecule has 0 aliphatic heterocycles. The van der Waals surface area contributed by atoms with Gasteiger partial charge in [0, 0.05) is 12.5 Å². The third-order valence-corrected chi connectivity index (χ3v) is 3.90. The third-order valence-electron chi connectivity index (χ3n) is 3.90. The minimum absolute atomic E-state index is 0.119. The Morgan fingerprint density at radius 1 is 1.35 bits per heavy atom. The van der Waals surface area contributed by atoms with E-state index in [2.05, 4.69) is 10.4 Å². The summed E-state index contributed by atoms with van der Waals surface area (Å²) in [4.78, 5) is 12.3. The molecule has 2 rings (SSSR count). The highest BCUT2D eigenvalue weighted by Gasteiger charge is 2.30. The fourth-order valence-corrected chi connectivity index (χ4v) is 2.56. The minimum atomic E-state index is -4.38. The van der Waals surface area contributed by atoms with Gasteiger partial charge in [-0.3, -0.25) is 4.79 Å². The summed E-state index contributed by atoms with van der Waals surface area (Å²) in [5.74, 6) is -0.00765. The van der Waals surface area contributed by atoms with Gasteiger partial charge in [-0.15, -0.1) is 0 Å². The monoisotopic (exact) mass is 364 g/mol. The maximum atomic E-state index is 12.6. The van der Waals surface area contributed by atoms with Crippen molar-refractivity contribution in [2.75, 3.05) is 5.32 Å². The van der Waals surface area contributed by atoms with Crippen molar-refractivity contribution in [3.8, 4) is 6.07 Å². The number of nitrogens with one attached hydrogen (secondary N) is 1. The molecule has 0 unspecified atom stereocenters. The van der Waals surface area contributed by atoms with Gasteiger partial charge in [-0.1, -0.05) is 19.1 Å². The average molecular weight is 364 g/mol. The molecule has 0 aliphatic carbocycles. The summed E-state index contributed by atoms with van der Waals surface area (Å²) < 4.78 is 39.4. The molecule has 1 aromatic heterocycles. The van der Waals surface area contributed by atoms with Gasteiger partial charge in [0.25, 0.3) is 0 Å². The van der Waals surface area contributed by atoms with Crippen molar-refractivity contribution in [2.24, 2.45) is 0 Å². The second-order valence-corrected chi connectivity index (χ2v) is 6.08. The SMILES string of the molecule is Cc1cc(NC(=O)C[C@H](C)c2ccc(C(F)(F)F)cc2)n(CCC#N)n1. The number of aromatic nitrogens is 2. The van der Waals surface area contributed by atoms with Gasteiger partial charge in [0.05, 0.1) is 30.3 Å². The van der Waals surface area contributed by atoms with E-state index in [1.807, 2.05) is 6.07 Å². The molecule has 26 heavy (non-hydrogen) atoms. The van der Waals surface area contributed by atoms with Gasteiger partial charge in [0.2, 0.25) is 5.91 Å². The molecule has 2 aromatic rings. The van der Waals surface area contributed by atoms with Crippen LogP contribution < -0.4 is 5.32 Å². The van der Waals surface area contributed by atoms with Gasteiger partial charge < -0.3 is 5.32 Å². The van der Waals surface area contributed by atoms with Crippen molar-refractivity contribution in [2.45, 2.75) is 45.3 Å². The minimum Gasteiger partial charge on any atom is -0.311 e. The summed E-state index contributed by atoms with van der Waals surface area (Å²) in [6.45, 7) is 3.93. The first-order valence-electron chi connectivity index (χ1n) is 8.09. The molecule has 1 N–H and O–H groups in total. The maximum absolute atomic E-state index is 12.6. The average Bonchev–Trinajstić information content (AvgIpc) is 2.91. The Balaban J connectivity index is 2.00. The van der Waals surface area contributed by atoms with Crippen LogP contribution in [0.5, 0.6) is 0 Å². The highest BCUT2D eigenvalue weighted by molar-refractivity contribution is 5.90. The van der Waals surface area contributed by atoms with Crippen LogP contribution in [0.1, 0.15) is 42.5 Å². The summed E-state index contributed by atoms with van der Waals surface area (Å²) >= 11 is 0. The molecule has 0 saturated heterocycles. The molecule has 0 aliphatic rings. The van der Waals surface area contributed by atoms with Crippen LogP contribution in [0.25, 0.3) is 0 Å². The molecular formula is C18H19F3N4O. The van der Waals surface area contributed by atoms with Gasteiger partial charge in [0.15, 0.2) is 0 Å². The molecule has 1 heterocycles. The van der Waals surface area contributed by atoms with Crippen LogP contribution in [0.2, 0.25) is 0 Å². The number of alkyl halides is 3. The molecule has 1 atom stereocenters. The standard InChI is InChI=1S/C18H19F3N4O/c1-12(14-4-6-15(7-5-14)18(19,20)21)10-17(26)23-16-11-13(2)24-25(16)9-3-8-22/h4-7,11-12H,3,9-10H2,1-2H3,(H,23,26)/t12-/m0/s1. The third kappa shape index (κ3) is 5.09. The second kappa shape index (κ2) is 8.04. The number of hydrogen-bond acceptors (Lipinski definition) is 3. The van der Waals surface area contributed by atoms with Gasteiger partial charge in [0.1, 0.15) is 5.82 Å². The molecule has 138 valence electrons. The van der Waals surface area contributed by atoms with Gasteiger partial charge >= 0.3 is 6.18 Å². The van der Waals surface area contributed by atoms with E-state index in [0.717, 1.165) is 12.1 Å². The number of hydrogen-bond donors (Lipinski definition) is 1. The van der Waals surface area contributed by atoms with E-state index >= 15 is 0 Å². The zero-order chi connectivity index (χ0) is 19.3. The van der Waals surface area contributed by atoms with Gasteiger partial charge in [-0.2, -0.15) is 23.5 Å². The lowest BCUT2D eigenvalue weighted by Crippen LogP contribution is -2.17. The lowest BCUT2D eigenvalue weighted by atomic mass is 9.96. The molecule has 8 heteroatoms.